The SMILES string of the molecule is CC(C)c1nnc(NC[C@@H](c2ccccn2)N2CCOCC2)s1. The van der Waals surface area contributed by atoms with Gasteiger partial charge in [0.1, 0.15) is 5.01 Å². The van der Waals surface area contributed by atoms with Gasteiger partial charge in [-0.2, -0.15) is 0 Å². The molecule has 0 aromatic carbocycles. The summed E-state index contributed by atoms with van der Waals surface area (Å²) in [5.41, 5.74) is 1.08. The smallest absolute Gasteiger partial charge is 0.205 e. The lowest BCUT2D eigenvalue weighted by atomic mass is 10.1. The van der Waals surface area contributed by atoms with Crippen LogP contribution >= 0.6 is 11.3 Å². The summed E-state index contributed by atoms with van der Waals surface area (Å²) in [6, 6.07) is 6.29. The van der Waals surface area contributed by atoms with Crippen molar-refractivity contribution in [1.82, 2.24) is 20.1 Å². The summed E-state index contributed by atoms with van der Waals surface area (Å²) in [6.45, 7) is 8.44. The van der Waals surface area contributed by atoms with Crippen LogP contribution in [0.4, 0.5) is 5.13 Å². The molecule has 1 aliphatic heterocycles. The molecule has 3 heterocycles. The summed E-state index contributed by atoms with van der Waals surface area (Å²) in [6.07, 6.45) is 1.85. The van der Waals surface area contributed by atoms with Crippen molar-refractivity contribution < 1.29 is 4.74 Å². The quantitative estimate of drug-likeness (QED) is 0.876. The summed E-state index contributed by atoms with van der Waals surface area (Å²) in [4.78, 5) is 6.96. The topological polar surface area (TPSA) is 63.2 Å². The van der Waals surface area contributed by atoms with Crippen LogP contribution in [0, 0.1) is 0 Å². The van der Waals surface area contributed by atoms with Gasteiger partial charge in [0, 0.05) is 31.7 Å². The number of hydrogen-bond acceptors (Lipinski definition) is 7. The Morgan fingerprint density at radius 1 is 1.26 bits per heavy atom. The van der Waals surface area contributed by atoms with Crippen LogP contribution in [0.25, 0.3) is 0 Å². The van der Waals surface area contributed by atoms with E-state index >= 15 is 0 Å². The van der Waals surface area contributed by atoms with Crippen LogP contribution in [-0.2, 0) is 4.74 Å². The molecule has 0 saturated carbocycles. The third kappa shape index (κ3) is 4.25. The first kappa shape index (κ1) is 16.3. The molecule has 0 aliphatic carbocycles. The van der Waals surface area contributed by atoms with E-state index in [0.29, 0.717) is 5.92 Å². The van der Waals surface area contributed by atoms with Crippen LogP contribution in [-0.4, -0.2) is 52.9 Å². The van der Waals surface area contributed by atoms with E-state index in [0.717, 1.165) is 48.7 Å². The van der Waals surface area contributed by atoms with E-state index in [1.54, 1.807) is 11.3 Å². The first-order valence-electron chi connectivity index (χ1n) is 8.04. The Kier molecular flexibility index (Phi) is 5.53. The van der Waals surface area contributed by atoms with Crippen molar-refractivity contribution in [2.75, 3.05) is 38.2 Å². The van der Waals surface area contributed by atoms with Crippen LogP contribution < -0.4 is 5.32 Å². The van der Waals surface area contributed by atoms with Gasteiger partial charge >= 0.3 is 0 Å². The minimum Gasteiger partial charge on any atom is -0.379 e. The van der Waals surface area contributed by atoms with Crippen molar-refractivity contribution in [3.63, 3.8) is 0 Å². The fraction of sp³-hybridized carbons (Fsp3) is 0.562. The second kappa shape index (κ2) is 7.81. The molecular formula is C16H23N5OS. The fourth-order valence-electron chi connectivity index (χ4n) is 2.61. The van der Waals surface area contributed by atoms with Crippen LogP contribution in [0.2, 0.25) is 0 Å². The normalized spacial score (nSPS) is 17.3. The number of rotatable bonds is 6. The second-order valence-electron chi connectivity index (χ2n) is 5.90. The van der Waals surface area contributed by atoms with E-state index < -0.39 is 0 Å². The third-order valence-electron chi connectivity index (χ3n) is 3.90. The molecule has 2 aromatic heterocycles. The Morgan fingerprint density at radius 3 is 2.74 bits per heavy atom. The predicted octanol–water partition coefficient (Wildman–Crippen LogP) is 2.54. The Morgan fingerprint density at radius 2 is 2.09 bits per heavy atom. The van der Waals surface area contributed by atoms with E-state index in [1.165, 1.54) is 0 Å². The van der Waals surface area contributed by atoms with Crippen molar-refractivity contribution in [2.24, 2.45) is 0 Å². The summed E-state index contributed by atoms with van der Waals surface area (Å²) < 4.78 is 5.48. The number of anilines is 1. The third-order valence-corrected chi connectivity index (χ3v) is 5.08. The molecule has 6 nitrogen and oxygen atoms in total. The molecule has 124 valence electrons. The number of nitrogens with zero attached hydrogens (tertiary/aromatic N) is 4. The van der Waals surface area contributed by atoms with Crippen molar-refractivity contribution in [2.45, 2.75) is 25.8 Å². The van der Waals surface area contributed by atoms with Crippen molar-refractivity contribution in [3.8, 4) is 0 Å². The summed E-state index contributed by atoms with van der Waals surface area (Å²) in [7, 11) is 0. The van der Waals surface area contributed by atoms with Gasteiger partial charge in [0.25, 0.3) is 0 Å². The van der Waals surface area contributed by atoms with Gasteiger partial charge in [0.05, 0.1) is 24.9 Å². The Balaban J connectivity index is 1.70. The molecule has 2 aromatic rings. The van der Waals surface area contributed by atoms with E-state index in [9.17, 15) is 0 Å². The molecule has 1 fully saturated rings. The number of morpholine rings is 1. The lowest BCUT2D eigenvalue weighted by molar-refractivity contribution is 0.0179. The first-order chi connectivity index (χ1) is 11.2. The molecule has 1 aliphatic rings. The maximum absolute atomic E-state index is 5.48. The zero-order valence-corrected chi connectivity index (χ0v) is 14.4. The molecule has 3 rings (SSSR count). The van der Waals surface area contributed by atoms with Gasteiger partial charge in [0.2, 0.25) is 5.13 Å². The Hall–Kier alpha value is -1.57. The van der Waals surface area contributed by atoms with Gasteiger partial charge in [0.15, 0.2) is 0 Å². The minimum absolute atomic E-state index is 0.214. The maximum atomic E-state index is 5.48. The number of hydrogen-bond donors (Lipinski definition) is 1. The molecule has 7 heteroatoms. The van der Waals surface area contributed by atoms with Crippen molar-refractivity contribution in [3.05, 3.63) is 35.1 Å². The average molecular weight is 333 g/mol. The molecule has 1 saturated heterocycles. The average Bonchev–Trinajstić information content (AvgIpc) is 3.06. The van der Waals surface area contributed by atoms with Gasteiger partial charge in [-0.3, -0.25) is 9.88 Å². The zero-order valence-electron chi connectivity index (χ0n) is 13.6. The Labute approximate surface area is 140 Å². The number of ether oxygens (including phenoxy) is 1. The highest BCUT2D eigenvalue weighted by atomic mass is 32.1. The molecule has 23 heavy (non-hydrogen) atoms. The largest absolute Gasteiger partial charge is 0.379 e. The fourth-order valence-corrected chi connectivity index (χ4v) is 3.36. The van der Waals surface area contributed by atoms with Crippen molar-refractivity contribution in [1.29, 1.82) is 0 Å². The van der Waals surface area contributed by atoms with E-state index in [2.05, 4.69) is 45.3 Å². The van der Waals surface area contributed by atoms with E-state index in [1.807, 2.05) is 18.3 Å². The predicted molar refractivity (Wildman–Crippen MR) is 91.9 cm³/mol. The van der Waals surface area contributed by atoms with Crippen LogP contribution in [0.1, 0.15) is 36.5 Å². The van der Waals surface area contributed by atoms with E-state index in [4.69, 9.17) is 4.74 Å². The number of aromatic nitrogens is 3. The molecule has 0 radical (unpaired) electrons. The number of nitrogens with one attached hydrogen (secondary N) is 1. The molecular weight excluding hydrogens is 310 g/mol. The molecule has 1 atom stereocenters. The van der Waals surface area contributed by atoms with Crippen LogP contribution in [0.15, 0.2) is 24.4 Å². The summed E-state index contributed by atoms with van der Waals surface area (Å²) in [5.74, 6) is 0.411. The standard InChI is InChI=1S/C16H23N5OS/c1-12(2)15-19-20-16(23-15)18-11-14(13-5-3-4-6-17-13)21-7-9-22-10-8-21/h3-6,12,14H,7-11H2,1-2H3,(H,18,20)/t14-/m0/s1. The molecule has 0 unspecified atom stereocenters. The second-order valence-corrected chi connectivity index (χ2v) is 6.91. The van der Waals surface area contributed by atoms with Crippen LogP contribution in [0.3, 0.4) is 0 Å². The zero-order chi connectivity index (χ0) is 16.1. The maximum Gasteiger partial charge on any atom is 0.205 e. The highest BCUT2D eigenvalue weighted by molar-refractivity contribution is 7.15. The van der Waals surface area contributed by atoms with E-state index in [-0.39, 0.29) is 6.04 Å². The molecule has 0 spiro atoms. The van der Waals surface area contributed by atoms with Gasteiger partial charge in [-0.15, -0.1) is 10.2 Å². The van der Waals surface area contributed by atoms with Gasteiger partial charge < -0.3 is 10.1 Å². The summed E-state index contributed by atoms with van der Waals surface area (Å²) in [5, 5.41) is 13.9. The van der Waals surface area contributed by atoms with Gasteiger partial charge in [-0.1, -0.05) is 31.3 Å². The van der Waals surface area contributed by atoms with Gasteiger partial charge in [-0.05, 0) is 12.1 Å². The highest BCUT2D eigenvalue weighted by Crippen LogP contribution is 2.25. The molecule has 0 amide bonds. The van der Waals surface area contributed by atoms with Gasteiger partial charge in [-0.25, -0.2) is 0 Å². The Bertz CT molecular complexity index is 598. The van der Waals surface area contributed by atoms with Crippen molar-refractivity contribution >= 4 is 16.5 Å². The highest BCUT2D eigenvalue weighted by Gasteiger charge is 2.23. The monoisotopic (exact) mass is 333 g/mol. The number of pyridine rings is 1. The molecule has 0 bridgehead atoms. The minimum atomic E-state index is 0.214. The lowest BCUT2D eigenvalue weighted by Crippen LogP contribution is -2.41. The lowest BCUT2D eigenvalue weighted by Gasteiger charge is -2.34. The summed E-state index contributed by atoms with van der Waals surface area (Å²) >= 11 is 1.63. The molecule has 1 N–H and O–H groups in total. The first-order valence-corrected chi connectivity index (χ1v) is 8.85. The van der Waals surface area contributed by atoms with Crippen LogP contribution in [0.5, 0.6) is 0 Å².